The van der Waals surface area contributed by atoms with Crippen molar-refractivity contribution in [1.29, 1.82) is 0 Å². The van der Waals surface area contributed by atoms with Gasteiger partial charge in [0.05, 0.1) is 13.2 Å². The summed E-state index contributed by atoms with van der Waals surface area (Å²) in [6.45, 7) is 0.854. The van der Waals surface area contributed by atoms with Gasteiger partial charge in [0.2, 0.25) is 5.13 Å². The van der Waals surface area contributed by atoms with Gasteiger partial charge in [-0.1, -0.05) is 23.1 Å². The van der Waals surface area contributed by atoms with Crippen LogP contribution in [0, 0.1) is 0 Å². The number of hydrogen-bond donors (Lipinski definition) is 0. The van der Waals surface area contributed by atoms with E-state index in [1.54, 1.807) is 25.9 Å². The summed E-state index contributed by atoms with van der Waals surface area (Å²) in [5.41, 5.74) is 0. The predicted octanol–water partition coefficient (Wildman–Crippen LogP) is 1.86. The van der Waals surface area contributed by atoms with E-state index in [0.29, 0.717) is 11.2 Å². The van der Waals surface area contributed by atoms with E-state index in [0.717, 1.165) is 34.6 Å². The topological polar surface area (TPSA) is 67.8 Å². The zero-order valence-corrected chi connectivity index (χ0v) is 13.4. The van der Waals surface area contributed by atoms with Gasteiger partial charge in [-0.15, -0.1) is 10.2 Å². The van der Waals surface area contributed by atoms with Crippen LogP contribution in [0.15, 0.2) is 4.34 Å². The minimum Gasteiger partial charge on any atom is -0.377 e. The van der Waals surface area contributed by atoms with Crippen molar-refractivity contribution in [3.63, 3.8) is 0 Å². The first-order valence-electron chi connectivity index (χ1n) is 6.25. The quantitative estimate of drug-likeness (QED) is 0.469. The number of anilines is 1. The van der Waals surface area contributed by atoms with Gasteiger partial charge in [0.1, 0.15) is 0 Å². The molecule has 112 valence electrons. The van der Waals surface area contributed by atoms with Crippen LogP contribution in [0.1, 0.15) is 12.8 Å². The second kappa shape index (κ2) is 7.21. The Labute approximate surface area is 126 Å². The number of nitrogens with zero attached hydrogens (tertiary/aromatic N) is 4. The number of hydroxylamine groups is 2. The highest BCUT2D eigenvalue weighted by atomic mass is 32.2. The Hall–Kier alpha value is -0.900. The first-order valence-corrected chi connectivity index (χ1v) is 8.05. The summed E-state index contributed by atoms with van der Waals surface area (Å²) in [5, 5.41) is 9.81. The maximum absolute atomic E-state index is 11.9. The summed E-state index contributed by atoms with van der Waals surface area (Å²) in [7, 11) is 4.63. The van der Waals surface area contributed by atoms with Crippen LogP contribution in [0.4, 0.5) is 9.93 Å². The fourth-order valence-corrected chi connectivity index (χ4v) is 3.60. The third kappa shape index (κ3) is 3.81. The third-order valence-electron chi connectivity index (χ3n) is 2.93. The van der Waals surface area contributed by atoms with E-state index >= 15 is 0 Å². The average Bonchev–Trinajstić information content (AvgIpc) is 3.13. The van der Waals surface area contributed by atoms with Gasteiger partial charge in [0, 0.05) is 26.5 Å². The molecule has 1 fully saturated rings. The molecule has 2 amide bonds. The van der Waals surface area contributed by atoms with Gasteiger partial charge < -0.3 is 4.74 Å². The summed E-state index contributed by atoms with van der Waals surface area (Å²) >= 11 is 3.01. The van der Waals surface area contributed by atoms with Gasteiger partial charge in [-0.3, -0.25) is 9.74 Å². The lowest BCUT2D eigenvalue weighted by Crippen LogP contribution is -2.38. The van der Waals surface area contributed by atoms with Crippen LogP contribution in [-0.2, 0) is 9.57 Å². The zero-order chi connectivity index (χ0) is 14.5. The Morgan fingerprint density at radius 2 is 2.35 bits per heavy atom. The molecular formula is C11H18N4O3S2. The van der Waals surface area contributed by atoms with Crippen molar-refractivity contribution in [2.24, 2.45) is 0 Å². The maximum atomic E-state index is 11.9. The van der Waals surface area contributed by atoms with E-state index in [4.69, 9.17) is 9.57 Å². The number of carbonyl (C=O) groups excluding carboxylic acids is 1. The molecule has 7 nitrogen and oxygen atoms in total. The van der Waals surface area contributed by atoms with Crippen molar-refractivity contribution < 1.29 is 14.4 Å². The van der Waals surface area contributed by atoms with Crippen molar-refractivity contribution in [2.45, 2.75) is 23.3 Å². The molecule has 2 rings (SSSR count). The molecule has 0 aliphatic carbocycles. The van der Waals surface area contributed by atoms with Crippen LogP contribution in [0.2, 0.25) is 0 Å². The predicted molar refractivity (Wildman–Crippen MR) is 78.2 cm³/mol. The number of amides is 2. The molecule has 0 radical (unpaired) electrons. The van der Waals surface area contributed by atoms with E-state index in [9.17, 15) is 4.79 Å². The second-order valence-electron chi connectivity index (χ2n) is 4.32. The largest absolute Gasteiger partial charge is 0.377 e. The monoisotopic (exact) mass is 318 g/mol. The summed E-state index contributed by atoms with van der Waals surface area (Å²) in [6, 6.07) is -0.292. The lowest BCUT2D eigenvalue weighted by Gasteiger charge is -2.19. The van der Waals surface area contributed by atoms with E-state index in [1.807, 2.05) is 0 Å². The number of carbonyl (C=O) groups is 1. The lowest BCUT2D eigenvalue weighted by atomic mass is 10.3. The molecule has 1 aliphatic rings. The number of aromatic nitrogens is 2. The molecule has 1 saturated heterocycles. The van der Waals surface area contributed by atoms with E-state index in [-0.39, 0.29) is 6.03 Å². The van der Waals surface area contributed by atoms with Crippen molar-refractivity contribution >= 4 is 34.3 Å². The van der Waals surface area contributed by atoms with E-state index in [1.165, 1.54) is 23.3 Å². The smallest absolute Gasteiger partial charge is 0.349 e. The molecule has 0 N–H and O–H groups in total. The van der Waals surface area contributed by atoms with Gasteiger partial charge >= 0.3 is 6.03 Å². The minimum atomic E-state index is -0.292. The standard InChI is InChI=1S/C11H18N4O3S2/c1-14(11(16)15(2)17-3)9-12-13-10(20-9)19-7-8-5-4-6-18-8/h8H,4-7H2,1-3H3. The molecule has 0 saturated carbocycles. The number of rotatable bonds is 5. The van der Waals surface area contributed by atoms with Crippen LogP contribution in [-0.4, -0.2) is 61.0 Å². The van der Waals surface area contributed by atoms with Crippen LogP contribution in [0.3, 0.4) is 0 Å². The van der Waals surface area contributed by atoms with Crippen LogP contribution in [0.25, 0.3) is 0 Å². The highest BCUT2D eigenvalue weighted by molar-refractivity contribution is 8.01. The van der Waals surface area contributed by atoms with Crippen molar-refractivity contribution in [3.8, 4) is 0 Å². The van der Waals surface area contributed by atoms with Gasteiger partial charge in [0.15, 0.2) is 4.34 Å². The molecule has 0 spiro atoms. The summed E-state index contributed by atoms with van der Waals surface area (Å²) < 4.78 is 6.40. The van der Waals surface area contributed by atoms with Crippen LogP contribution >= 0.6 is 23.1 Å². The first kappa shape index (κ1) is 15.5. The molecular weight excluding hydrogens is 300 g/mol. The minimum absolute atomic E-state index is 0.292. The molecule has 20 heavy (non-hydrogen) atoms. The fourth-order valence-electron chi connectivity index (χ4n) is 1.71. The molecule has 9 heteroatoms. The van der Waals surface area contributed by atoms with Crippen molar-refractivity contribution in [3.05, 3.63) is 0 Å². The Kier molecular flexibility index (Phi) is 5.58. The van der Waals surface area contributed by atoms with E-state index in [2.05, 4.69) is 10.2 Å². The molecule has 1 atom stereocenters. The van der Waals surface area contributed by atoms with Crippen molar-refractivity contribution in [2.75, 3.05) is 38.5 Å². The molecule has 1 aromatic heterocycles. The summed E-state index contributed by atoms with van der Waals surface area (Å²) in [6.07, 6.45) is 2.55. The van der Waals surface area contributed by atoms with Crippen molar-refractivity contribution in [1.82, 2.24) is 15.3 Å². The Morgan fingerprint density at radius 3 is 3.00 bits per heavy atom. The fraction of sp³-hybridized carbons (Fsp3) is 0.727. The summed E-state index contributed by atoms with van der Waals surface area (Å²) in [5.74, 6) is 0.879. The number of hydrogen-bond acceptors (Lipinski definition) is 7. The maximum Gasteiger partial charge on any atom is 0.349 e. The molecule has 1 aliphatic heterocycles. The highest BCUT2D eigenvalue weighted by Crippen LogP contribution is 2.30. The number of thioether (sulfide) groups is 1. The zero-order valence-electron chi connectivity index (χ0n) is 11.7. The van der Waals surface area contributed by atoms with Gasteiger partial charge in [-0.2, -0.15) is 0 Å². The van der Waals surface area contributed by atoms with E-state index < -0.39 is 0 Å². The normalized spacial score (nSPS) is 18.2. The van der Waals surface area contributed by atoms with Crippen LogP contribution in [0.5, 0.6) is 0 Å². The number of urea groups is 1. The Bertz CT molecular complexity index is 451. The van der Waals surface area contributed by atoms with Crippen LogP contribution < -0.4 is 4.90 Å². The Morgan fingerprint density at radius 1 is 1.55 bits per heavy atom. The van der Waals surface area contributed by atoms with Gasteiger partial charge in [-0.05, 0) is 12.8 Å². The molecule has 0 bridgehead atoms. The summed E-state index contributed by atoms with van der Waals surface area (Å²) in [4.78, 5) is 18.2. The third-order valence-corrected chi connectivity index (χ3v) is 5.19. The highest BCUT2D eigenvalue weighted by Gasteiger charge is 2.21. The lowest BCUT2D eigenvalue weighted by molar-refractivity contribution is -0.0619. The van der Waals surface area contributed by atoms with Gasteiger partial charge in [-0.25, -0.2) is 9.86 Å². The molecule has 0 aromatic carbocycles. The average molecular weight is 318 g/mol. The molecule has 1 unspecified atom stereocenters. The first-order chi connectivity index (χ1) is 9.61. The molecule has 1 aromatic rings. The van der Waals surface area contributed by atoms with Gasteiger partial charge in [0.25, 0.3) is 0 Å². The molecule has 2 heterocycles. The SMILES string of the molecule is CON(C)C(=O)N(C)c1nnc(SCC2CCCO2)s1. The number of ether oxygens (including phenoxy) is 1. The Balaban J connectivity index is 1.89. The second-order valence-corrected chi connectivity index (χ2v) is 6.54.